The molecule has 224 valence electrons. The van der Waals surface area contributed by atoms with E-state index in [2.05, 4.69) is 15.1 Å². The van der Waals surface area contributed by atoms with Crippen LogP contribution in [0, 0.1) is 0 Å². The van der Waals surface area contributed by atoms with Crippen LogP contribution in [0.3, 0.4) is 0 Å². The highest BCUT2D eigenvalue weighted by Gasteiger charge is 2.29. The molecule has 4 rings (SSSR count). The van der Waals surface area contributed by atoms with Crippen molar-refractivity contribution in [3.63, 3.8) is 0 Å². The number of hydrogen-bond donors (Lipinski definition) is 5. The van der Waals surface area contributed by atoms with Gasteiger partial charge < -0.3 is 37.4 Å². The summed E-state index contributed by atoms with van der Waals surface area (Å²) in [7, 11) is 7.81. The van der Waals surface area contributed by atoms with Crippen LogP contribution in [0.5, 0.6) is 0 Å². The van der Waals surface area contributed by atoms with E-state index in [1.807, 2.05) is 68.3 Å². The maximum Gasteiger partial charge on any atom is 0.322 e. The summed E-state index contributed by atoms with van der Waals surface area (Å²) in [6.07, 6.45) is 0. The topological polar surface area (TPSA) is 157 Å². The number of nitrogens with one attached hydrogen (secondary N) is 1. The molecular formula is C27H44Cl2N8O3. The quantitative estimate of drug-likeness (QED) is 0.261. The number of piperazine rings is 2. The van der Waals surface area contributed by atoms with Crippen molar-refractivity contribution in [3.05, 3.63) is 48.5 Å². The van der Waals surface area contributed by atoms with Crippen molar-refractivity contribution in [2.45, 2.75) is 12.1 Å². The predicted octanol–water partition coefficient (Wildman–Crippen LogP) is 2.04. The number of nitrogen functional groups attached to an aromatic ring is 3. The van der Waals surface area contributed by atoms with Crippen molar-refractivity contribution in [1.82, 2.24) is 19.6 Å². The van der Waals surface area contributed by atoms with E-state index in [0.29, 0.717) is 29.3 Å². The molecule has 0 aromatic heterocycles. The molecule has 2 unspecified atom stereocenters. The third kappa shape index (κ3) is 12.6. The standard InChI is InChI=1S/C13H20N4O.C7H14N2O2.C6H8N2.CH2Cl2/c1-16-7-8-17(2)12(9-16)13(18)15-11-6-4-3-5-10(11)14;1-8-3-4-9(2)6(5-8)7(10)11;7-5-3-1-2-4-6(5)8;2-1-3/h3-6,12H,7-9,14H2,1-2H3,(H,15,18);6H,3-5H2,1-2H3,(H,10,11);1-4H,7-8H2;1H2. The normalized spacial score (nSPS) is 19.9. The van der Waals surface area contributed by atoms with Crippen LogP contribution in [-0.2, 0) is 9.59 Å². The molecule has 2 saturated heterocycles. The van der Waals surface area contributed by atoms with E-state index in [-0.39, 0.29) is 23.3 Å². The van der Waals surface area contributed by atoms with E-state index in [0.717, 1.165) is 32.7 Å². The molecule has 0 radical (unpaired) electrons. The molecular weight excluding hydrogens is 555 g/mol. The second-order valence-electron chi connectivity index (χ2n) is 9.66. The number of halogens is 2. The SMILES string of the molecule is CN1CCN(C)C(C(=O)Nc2ccccc2N)C1.CN1CCN(C)C(C(=O)O)C1.ClCCl.Nc1ccccc1N. The number of nitrogens with two attached hydrogens (primary N) is 3. The Morgan fingerprint density at radius 3 is 1.57 bits per heavy atom. The van der Waals surface area contributed by atoms with E-state index in [1.54, 1.807) is 18.2 Å². The molecule has 2 fully saturated rings. The molecule has 11 nitrogen and oxygen atoms in total. The number of aliphatic carboxylic acids is 1. The number of carbonyl (C=O) groups excluding carboxylic acids is 1. The predicted molar refractivity (Wildman–Crippen MR) is 167 cm³/mol. The number of rotatable bonds is 3. The average molecular weight is 600 g/mol. The van der Waals surface area contributed by atoms with Crippen LogP contribution >= 0.6 is 23.2 Å². The van der Waals surface area contributed by atoms with E-state index in [1.165, 1.54) is 0 Å². The maximum absolute atomic E-state index is 12.2. The van der Waals surface area contributed by atoms with Crippen LogP contribution in [-0.4, -0.2) is 121 Å². The lowest BCUT2D eigenvalue weighted by molar-refractivity contribution is -0.144. The molecule has 40 heavy (non-hydrogen) atoms. The number of nitrogens with zero attached hydrogens (tertiary/aromatic N) is 4. The van der Waals surface area contributed by atoms with E-state index in [9.17, 15) is 9.59 Å². The largest absolute Gasteiger partial charge is 0.480 e. The van der Waals surface area contributed by atoms with Gasteiger partial charge in [0.05, 0.1) is 28.1 Å². The Balaban J connectivity index is 0.000000309. The molecule has 13 heteroatoms. The highest BCUT2D eigenvalue weighted by Crippen LogP contribution is 2.18. The minimum Gasteiger partial charge on any atom is -0.480 e. The minimum absolute atomic E-state index is 0.00181. The lowest BCUT2D eigenvalue weighted by atomic mass is 10.1. The molecule has 2 aliphatic rings. The number of benzene rings is 2. The number of para-hydroxylation sites is 4. The Bertz CT molecular complexity index is 1030. The van der Waals surface area contributed by atoms with Gasteiger partial charge in [-0.3, -0.25) is 19.4 Å². The fraction of sp³-hybridized carbons (Fsp3) is 0.481. The van der Waals surface area contributed by atoms with Crippen LogP contribution in [0.4, 0.5) is 22.7 Å². The Morgan fingerprint density at radius 1 is 0.775 bits per heavy atom. The zero-order valence-electron chi connectivity index (χ0n) is 23.8. The van der Waals surface area contributed by atoms with Crippen molar-refractivity contribution in [1.29, 1.82) is 0 Å². The van der Waals surface area contributed by atoms with E-state index >= 15 is 0 Å². The van der Waals surface area contributed by atoms with Gasteiger partial charge in [-0.15, -0.1) is 23.2 Å². The highest BCUT2D eigenvalue weighted by atomic mass is 35.5. The van der Waals surface area contributed by atoms with Crippen LogP contribution in [0.1, 0.15) is 0 Å². The highest BCUT2D eigenvalue weighted by molar-refractivity contribution is 6.40. The second-order valence-corrected chi connectivity index (χ2v) is 10.5. The average Bonchev–Trinajstić information content (AvgIpc) is 2.91. The van der Waals surface area contributed by atoms with Crippen molar-refractivity contribution in [2.75, 3.05) is 95.3 Å². The van der Waals surface area contributed by atoms with Crippen molar-refractivity contribution in [3.8, 4) is 0 Å². The lowest BCUT2D eigenvalue weighted by Gasteiger charge is -2.36. The first-order chi connectivity index (χ1) is 18.9. The third-order valence-corrected chi connectivity index (χ3v) is 6.50. The van der Waals surface area contributed by atoms with Crippen molar-refractivity contribution < 1.29 is 14.7 Å². The van der Waals surface area contributed by atoms with Gasteiger partial charge >= 0.3 is 5.97 Å². The first-order valence-corrected chi connectivity index (χ1v) is 13.9. The number of carbonyl (C=O) groups is 2. The molecule has 0 bridgehead atoms. The summed E-state index contributed by atoms with van der Waals surface area (Å²) < 4.78 is 0. The Morgan fingerprint density at radius 2 is 1.18 bits per heavy atom. The molecule has 0 aliphatic carbocycles. The molecule has 0 saturated carbocycles. The molecule has 0 spiro atoms. The molecule has 8 N–H and O–H groups in total. The van der Waals surface area contributed by atoms with Gasteiger partial charge in [0.1, 0.15) is 12.1 Å². The monoisotopic (exact) mass is 598 g/mol. The van der Waals surface area contributed by atoms with Crippen molar-refractivity contribution in [2.24, 2.45) is 0 Å². The summed E-state index contributed by atoms with van der Waals surface area (Å²) in [5.41, 5.74) is 19.2. The number of amides is 1. The molecule has 2 heterocycles. The summed E-state index contributed by atoms with van der Waals surface area (Å²) in [5, 5.41) is 11.9. The zero-order valence-corrected chi connectivity index (χ0v) is 25.3. The van der Waals surface area contributed by atoms with Crippen molar-refractivity contribution >= 4 is 57.8 Å². The summed E-state index contributed by atoms with van der Waals surface area (Å²) >= 11 is 9.53. The van der Waals surface area contributed by atoms with E-state index in [4.69, 9.17) is 45.5 Å². The number of alkyl halides is 2. The molecule has 2 aromatic carbocycles. The van der Waals surface area contributed by atoms with Gasteiger partial charge in [0.15, 0.2) is 0 Å². The second kappa shape index (κ2) is 18.5. The van der Waals surface area contributed by atoms with Gasteiger partial charge in [0.25, 0.3) is 0 Å². The summed E-state index contributed by atoms with van der Waals surface area (Å²) in [6, 6.07) is 14.1. The minimum atomic E-state index is -0.723. The number of hydrogen-bond acceptors (Lipinski definition) is 9. The van der Waals surface area contributed by atoms with Gasteiger partial charge in [0, 0.05) is 39.3 Å². The Hall–Kier alpha value is -2.80. The van der Waals surface area contributed by atoms with Gasteiger partial charge in [-0.2, -0.15) is 0 Å². The number of carboxylic acids is 1. The van der Waals surface area contributed by atoms with Gasteiger partial charge in [0.2, 0.25) is 5.91 Å². The Labute approximate surface area is 247 Å². The smallest absolute Gasteiger partial charge is 0.322 e. The van der Waals surface area contributed by atoms with Crippen LogP contribution in [0.2, 0.25) is 0 Å². The van der Waals surface area contributed by atoms with Crippen LogP contribution < -0.4 is 22.5 Å². The maximum atomic E-state index is 12.2. The summed E-state index contributed by atoms with van der Waals surface area (Å²) in [4.78, 5) is 31.0. The van der Waals surface area contributed by atoms with Gasteiger partial charge in [-0.1, -0.05) is 24.3 Å². The Kier molecular flexibility index (Phi) is 16.3. The van der Waals surface area contributed by atoms with Crippen LogP contribution in [0.15, 0.2) is 48.5 Å². The lowest BCUT2D eigenvalue weighted by Crippen LogP contribution is -2.55. The van der Waals surface area contributed by atoms with Gasteiger partial charge in [-0.05, 0) is 52.5 Å². The van der Waals surface area contributed by atoms with Gasteiger partial charge in [-0.25, -0.2) is 0 Å². The fourth-order valence-corrected chi connectivity index (χ4v) is 3.91. The molecule has 2 atom stereocenters. The van der Waals surface area contributed by atoms with Crippen LogP contribution in [0.25, 0.3) is 0 Å². The first kappa shape index (κ1) is 35.2. The number of likely N-dealkylation sites (N-methyl/N-ethyl adjacent to an activating group) is 4. The molecule has 1 amide bonds. The summed E-state index contributed by atoms with van der Waals surface area (Å²) in [5.74, 6) is -0.721. The first-order valence-electron chi connectivity index (χ1n) is 12.8. The molecule has 2 aliphatic heterocycles. The number of anilines is 4. The van der Waals surface area contributed by atoms with E-state index < -0.39 is 5.97 Å². The molecule has 2 aromatic rings. The third-order valence-electron chi connectivity index (χ3n) is 6.50. The summed E-state index contributed by atoms with van der Waals surface area (Å²) in [6.45, 7) is 5.07. The zero-order chi connectivity index (χ0) is 30.2. The number of carboxylic acid groups (broad SMARTS) is 1. The fourth-order valence-electron chi connectivity index (χ4n) is 3.91.